The summed E-state index contributed by atoms with van der Waals surface area (Å²) >= 11 is 3.13. The molecule has 0 spiro atoms. The van der Waals surface area contributed by atoms with E-state index in [1.54, 1.807) is 6.07 Å². The molecule has 0 aliphatic rings. The maximum Gasteiger partial charge on any atom is 0.326 e. The van der Waals surface area contributed by atoms with Gasteiger partial charge in [-0.1, -0.05) is 22.0 Å². The second-order valence-electron chi connectivity index (χ2n) is 3.48. The van der Waals surface area contributed by atoms with Gasteiger partial charge in [-0.15, -0.1) is 6.58 Å². The van der Waals surface area contributed by atoms with Crippen LogP contribution in [-0.2, 0) is 4.79 Å². The topological polar surface area (TPSA) is 92.5 Å². The first-order valence-corrected chi connectivity index (χ1v) is 5.79. The number of aliphatic carboxylic acids is 1. The van der Waals surface area contributed by atoms with Crippen molar-refractivity contribution in [2.45, 2.75) is 12.5 Å². The van der Waals surface area contributed by atoms with Gasteiger partial charge in [-0.2, -0.15) is 0 Å². The maximum atomic E-state index is 11.0. The Balaban J connectivity index is 3.05. The largest absolute Gasteiger partial charge is 0.480 e. The third kappa shape index (κ3) is 3.56. The van der Waals surface area contributed by atoms with Gasteiger partial charge in [0.2, 0.25) is 0 Å². The highest BCUT2D eigenvalue weighted by Crippen LogP contribution is 2.28. The molecule has 18 heavy (non-hydrogen) atoms. The zero-order chi connectivity index (χ0) is 13.7. The number of benzene rings is 1. The number of nitrogens with zero attached hydrogens (tertiary/aromatic N) is 1. The minimum Gasteiger partial charge on any atom is -0.480 e. The summed E-state index contributed by atoms with van der Waals surface area (Å²) in [6.45, 7) is 3.45. The summed E-state index contributed by atoms with van der Waals surface area (Å²) in [5.74, 6) is -1.09. The molecule has 0 radical (unpaired) electrons. The normalized spacial score (nSPS) is 11.6. The van der Waals surface area contributed by atoms with Crippen LogP contribution >= 0.6 is 15.9 Å². The molecule has 2 N–H and O–H groups in total. The first kappa shape index (κ1) is 14.2. The monoisotopic (exact) mass is 314 g/mol. The molecule has 6 nitrogen and oxygen atoms in total. The lowest BCUT2D eigenvalue weighted by Gasteiger charge is -2.14. The van der Waals surface area contributed by atoms with Crippen molar-refractivity contribution in [1.29, 1.82) is 0 Å². The van der Waals surface area contributed by atoms with E-state index in [-0.39, 0.29) is 17.8 Å². The van der Waals surface area contributed by atoms with E-state index in [9.17, 15) is 14.9 Å². The van der Waals surface area contributed by atoms with Crippen LogP contribution in [0.2, 0.25) is 0 Å². The van der Waals surface area contributed by atoms with Crippen LogP contribution in [0, 0.1) is 10.1 Å². The van der Waals surface area contributed by atoms with Gasteiger partial charge in [-0.25, -0.2) is 4.79 Å². The van der Waals surface area contributed by atoms with Gasteiger partial charge in [0.15, 0.2) is 0 Å². The lowest BCUT2D eigenvalue weighted by atomic mass is 10.2. The zero-order valence-corrected chi connectivity index (χ0v) is 10.9. The second kappa shape index (κ2) is 6.15. The molecule has 0 heterocycles. The number of anilines is 1. The Morgan fingerprint density at radius 2 is 2.33 bits per heavy atom. The number of hydrogen-bond donors (Lipinski definition) is 2. The summed E-state index contributed by atoms with van der Waals surface area (Å²) in [6.07, 6.45) is 1.61. The molecule has 1 unspecified atom stereocenters. The van der Waals surface area contributed by atoms with Crippen molar-refractivity contribution in [2.75, 3.05) is 5.32 Å². The SMILES string of the molecule is C=CCC(Nc1ccc(Br)cc1[N+](=O)[O-])C(=O)O. The first-order chi connectivity index (χ1) is 8.45. The number of hydrogen-bond acceptors (Lipinski definition) is 4. The Morgan fingerprint density at radius 1 is 1.67 bits per heavy atom. The standard InChI is InChI=1S/C11H11BrN2O4/c1-2-3-9(11(15)16)13-8-5-4-7(12)6-10(8)14(17)18/h2,4-6,9,13H,1,3H2,(H,15,16). The van der Waals surface area contributed by atoms with Crippen LogP contribution < -0.4 is 5.32 Å². The quantitative estimate of drug-likeness (QED) is 0.478. The van der Waals surface area contributed by atoms with Crippen molar-refractivity contribution in [3.05, 3.63) is 45.4 Å². The summed E-state index contributed by atoms with van der Waals surface area (Å²) < 4.78 is 0.551. The second-order valence-corrected chi connectivity index (χ2v) is 4.39. The van der Waals surface area contributed by atoms with Crippen LogP contribution in [-0.4, -0.2) is 22.0 Å². The highest BCUT2D eigenvalue weighted by molar-refractivity contribution is 9.10. The Bertz CT molecular complexity index is 490. The number of nitrogens with one attached hydrogen (secondary N) is 1. The molecule has 0 saturated heterocycles. The summed E-state index contributed by atoms with van der Waals surface area (Å²) in [7, 11) is 0. The van der Waals surface area contributed by atoms with Crippen LogP contribution in [0.4, 0.5) is 11.4 Å². The van der Waals surface area contributed by atoms with E-state index < -0.39 is 16.9 Å². The van der Waals surface area contributed by atoms with Gasteiger partial charge in [-0.05, 0) is 18.6 Å². The molecule has 1 aromatic rings. The number of carbonyl (C=O) groups is 1. The van der Waals surface area contributed by atoms with Gasteiger partial charge >= 0.3 is 5.97 Å². The van der Waals surface area contributed by atoms with Crippen molar-refractivity contribution in [1.82, 2.24) is 0 Å². The van der Waals surface area contributed by atoms with Gasteiger partial charge < -0.3 is 10.4 Å². The van der Waals surface area contributed by atoms with Crippen molar-refractivity contribution >= 4 is 33.3 Å². The fourth-order valence-electron chi connectivity index (χ4n) is 1.35. The van der Waals surface area contributed by atoms with Crippen LogP contribution in [0.15, 0.2) is 35.3 Å². The van der Waals surface area contributed by atoms with Crippen LogP contribution in [0.3, 0.4) is 0 Å². The molecular formula is C11H11BrN2O4. The minimum atomic E-state index is -1.09. The van der Waals surface area contributed by atoms with Crippen molar-refractivity contribution in [3.8, 4) is 0 Å². The Hall–Kier alpha value is -1.89. The smallest absolute Gasteiger partial charge is 0.326 e. The zero-order valence-electron chi connectivity index (χ0n) is 9.30. The molecule has 0 saturated carbocycles. The number of nitro groups is 1. The molecule has 1 aromatic carbocycles. The van der Waals surface area contributed by atoms with E-state index in [1.165, 1.54) is 18.2 Å². The fourth-order valence-corrected chi connectivity index (χ4v) is 1.70. The lowest BCUT2D eigenvalue weighted by molar-refractivity contribution is -0.384. The predicted octanol–water partition coefficient (Wildman–Crippen LogP) is 2.80. The molecule has 0 bridgehead atoms. The lowest BCUT2D eigenvalue weighted by Crippen LogP contribution is -2.28. The summed E-state index contributed by atoms with van der Waals surface area (Å²) in [5, 5.41) is 22.4. The number of halogens is 1. The van der Waals surface area contributed by atoms with Gasteiger partial charge in [0, 0.05) is 10.5 Å². The summed E-state index contributed by atoms with van der Waals surface area (Å²) in [4.78, 5) is 21.2. The molecule has 7 heteroatoms. The van der Waals surface area contributed by atoms with E-state index in [0.29, 0.717) is 4.47 Å². The number of carboxylic acid groups (broad SMARTS) is 1. The van der Waals surface area contributed by atoms with E-state index in [0.717, 1.165) is 0 Å². The van der Waals surface area contributed by atoms with Crippen LogP contribution in [0.25, 0.3) is 0 Å². The summed E-state index contributed by atoms with van der Waals surface area (Å²) in [5.41, 5.74) is -0.0165. The van der Waals surface area contributed by atoms with Crippen molar-refractivity contribution in [3.63, 3.8) is 0 Å². The van der Waals surface area contributed by atoms with Crippen LogP contribution in [0.5, 0.6) is 0 Å². The molecule has 1 atom stereocenters. The molecule has 0 amide bonds. The van der Waals surface area contributed by atoms with Crippen molar-refractivity contribution < 1.29 is 14.8 Å². The minimum absolute atomic E-state index is 0.164. The third-order valence-electron chi connectivity index (χ3n) is 2.19. The fraction of sp³-hybridized carbons (Fsp3) is 0.182. The first-order valence-electron chi connectivity index (χ1n) is 5.00. The molecule has 0 aliphatic carbocycles. The van der Waals surface area contributed by atoms with E-state index in [4.69, 9.17) is 5.11 Å². The molecule has 0 aliphatic heterocycles. The number of nitro benzene ring substituents is 1. The molecule has 0 aromatic heterocycles. The van der Waals surface area contributed by atoms with E-state index in [1.807, 2.05) is 0 Å². The van der Waals surface area contributed by atoms with E-state index >= 15 is 0 Å². The molecule has 1 rings (SSSR count). The van der Waals surface area contributed by atoms with Gasteiger partial charge in [-0.3, -0.25) is 10.1 Å². The Morgan fingerprint density at radius 3 is 2.83 bits per heavy atom. The maximum absolute atomic E-state index is 11.0. The van der Waals surface area contributed by atoms with Crippen LogP contribution in [0.1, 0.15) is 6.42 Å². The molecule has 96 valence electrons. The number of rotatable bonds is 6. The van der Waals surface area contributed by atoms with Gasteiger partial charge in [0.25, 0.3) is 5.69 Å². The number of carboxylic acids is 1. The van der Waals surface area contributed by atoms with Gasteiger partial charge in [0.05, 0.1) is 4.92 Å². The average Bonchev–Trinajstić information content (AvgIpc) is 2.30. The average molecular weight is 315 g/mol. The molecule has 0 fully saturated rings. The van der Waals surface area contributed by atoms with E-state index in [2.05, 4.69) is 27.8 Å². The van der Waals surface area contributed by atoms with Crippen molar-refractivity contribution in [2.24, 2.45) is 0 Å². The molecular weight excluding hydrogens is 304 g/mol. The predicted molar refractivity (Wildman–Crippen MR) is 70.7 cm³/mol. The summed E-state index contributed by atoms with van der Waals surface area (Å²) in [6, 6.07) is 3.43. The Labute approximate surface area is 112 Å². The third-order valence-corrected chi connectivity index (χ3v) is 2.68. The Kier molecular flexibility index (Phi) is 4.85. The highest BCUT2D eigenvalue weighted by Gasteiger charge is 2.21. The van der Waals surface area contributed by atoms with Gasteiger partial charge in [0.1, 0.15) is 11.7 Å². The highest BCUT2D eigenvalue weighted by atomic mass is 79.9.